The predicted molar refractivity (Wildman–Crippen MR) is 111 cm³/mol. The highest BCUT2D eigenvalue weighted by Crippen LogP contribution is 2.26. The number of fused-ring (bicyclic) bond motifs is 2. The summed E-state index contributed by atoms with van der Waals surface area (Å²) in [5.74, 6) is -0.0236. The number of carbonyl (C=O) groups excluding carboxylic acids is 1. The Labute approximate surface area is 171 Å². The van der Waals surface area contributed by atoms with E-state index in [9.17, 15) is 13.2 Å². The molecular weight excluding hydrogens is 398 g/mol. The Kier molecular flexibility index (Phi) is 6.40. The van der Waals surface area contributed by atoms with Gasteiger partial charge in [0.15, 0.2) is 0 Å². The Morgan fingerprint density at radius 2 is 1.86 bits per heavy atom. The average Bonchev–Trinajstić information content (AvgIpc) is 2.86. The highest BCUT2D eigenvalue weighted by atomic mass is 35.5. The number of carbonyl (C=O) groups is 1. The van der Waals surface area contributed by atoms with E-state index >= 15 is 0 Å². The molecule has 0 aromatic heterocycles. The van der Waals surface area contributed by atoms with Gasteiger partial charge in [0.1, 0.15) is 0 Å². The molecule has 0 spiro atoms. The SMILES string of the molecule is Cl.O=C1CCCc2cc(S(=O)(=O)NCC3NCCc4ccccc43)ccc2N1. The molecule has 2 aromatic carbocycles. The van der Waals surface area contributed by atoms with Crippen LogP contribution in [0.3, 0.4) is 0 Å². The first-order valence-corrected chi connectivity index (χ1v) is 10.7. The molecule has 0 bridgehead atoms. The maximum atomic E-state index is 12.8. The first kappa shape index (κ1) is 20.8. The minimum atomic E-state index is -3.62. The van der Waals surface area contributed by atoms with Gasteiger partial charge in [-0.3, -0.25) is 4.79 Å². The Balaban J connectivity index is 0.00000225. The van der Waals surface area contributed by atoms with Gasteiger partial charge in [-0.05, 0) is 60.7 Å². The molecule has 0 aliphatic carbocycles. The molecule has 2 aliphatic rings. The fraction of sp³-hybridized carbons (Fsp3) is 0.350. The number of aryl methyl sites for hydroxylation is 1. The Bertz CT molecular complexity index is 978. The zero-order valence-electron chi connectivity index (χ0n) is 15.4. The first-order valence-electron chi connectivity index (χ1n) is 9.26. The van der Waals surface area contributed by atoms with Crippen LogP contribution in [0.25, 0.3) is 0 Å². The molecular formula is C20H24ClN3O3S. The summed E-state index contributed by atoms with van der Waals surface area (Å²) >= 11 is 0. The molecule has 0 fully saturated rings. The van der Waals surface area contributed by atoms with Crippen molar-refractivity contribution in [3.8, 4) is 0 Å². The van der Waals surface area contributed by atoms with Crippen molar-refractivity contribution < 1.29 is 13.2 Å². The third-order valence-corrected chi connectivity index (χ3v) is 6.63. The van der Waals surface area contributed by atoms with Gasteiger partial charge in [-0.15, -0.1) is 12.4 Å². The molecule has 1 amide bonds. The smallest absolute Gasteiger partial charge is 0.240 e. The third-order valence-electron chi connectivity index (χ3n) is 5.20. The highest BCUT2D eigenvalue weighted by Gasteiger charge is 2.23. The number of nitrogens with one attached hydrogen (secondary N) is 3. The van der Waals surface area contributed by atoms with Crippen LogP contribution < -0.4 is 15.4 Å². The summed E-state index contributed by atoms with van der Waals surface area (Å²) in [6, 6.07) is 13.0. The second-order valence-electron chi connectivity index (χ2n) is 7.03. The van der Waals surface area contributed by atoms with E-state index in [1.807, 2.05) is 18.2 Å². The molecule has 0 radical (unpaired) electrons. The average molecular weight is 422 g/mol. The van der Waals surface area contributed by atoms with Gasteiger partial charge < -0.3 is 10.6 Å². The summed E-state index contributed by atoms with van der Waals surface area (Å²) in [4.78, 5) is 11.9. The minimum Gasteiger partial charge on any atom is -0.326 e. The fourth-order valence-corrected chi connectivity index (χ4v) is 4.87. The number of anilines is 1. The number of rotatable bonds is 4. The van der Waals surface area contributed by atoms with Crippen LogP contribution in [0.2, 0.25) is 0 Å². The van der Waals surface area contributed by atoms with Gasteiger partial charge in [0.2, 0.25) is 15.9 Å². The van der Waals surface area contributed by atoms with Crippen molar-refractivity contribution in [3.05, 3.63) is 59.2 Å². The molecule has 1 atom stereocenters. The number of sulfonamides is 1. The summed E-state index contributed by atoms with van der Waals surface area (Å²) in [7, 11) is -3.62. The predicted octanol–water partition coefficient (Wildman–Crippen LogP) is 2.55. The normalized spacial score (nSPS) is 18.9. The molecule has 2 aromatic rings. The van der Waals surface area contributed by atoms with E-state index in [1.165, 1.54) is 5.56 Å². The van der Waals surface area contributed by atoms with Crippen LogP contribution in [0.5, 0.6) is 0 Å². The van der Waals surface area contributed by atoms with Crippen LogP contribution in [0.4, 0.5) is 5.69 Å². The van der Waals surface area contributed by atoms with E-state index in [0.717, 1.165) is 30.5 Å². The van der Waals surface area contributed by atoms with Gasteiger partial charge in [-0.1, -0.05) is 24.3 Å². The molecule has 2 heterocycles. The zero-order chi connectivity index (χ0) is 18.9. The maximum absolute atomic E-state index is 12.8. The largest absolute Gasteiger partial charge is 0.326 e. The molecule has 0 saturated heterocycles. The van der Waals surface area contributed by atoms with E-state index in [0.29, 0.717) is 25.1 Å². The summed E-state index contributed by atoms with van der Waals surface area (Å²) in [6.45, 7) is 1.13. The monoisotopic (exact) mass is 421 g/mol. The zero-order valence-corrected chi connectivity index (χ0v) is 17.0. The molecule has 8 heteroatoms. The van der Waals surface area contributed by atoms with Crippen LogP contribution in [-0.2, 0) is 27.7 Å². The van der Waals surface area contributed by atoms with Gasteiger partial charge in [-0.25, -0.2) is 13.1 Å². The van der Waals surface area contributed by atoms with E-state index in [2.05, 4.69) is 21.4 Å². The summed E-state index contributed by atoms with van der Waals surface area (Å²) in [5, 5.41) is 6.22. The number of benzene rings is 2. The summed E-state index contributed by atoms with van der Waals surface area (Å²) < 4.78 is 28.3. The third kappa shape index (κ3) is 4.38. The lowest BCUT2D eigenvalue weighted by molar-refractivity contribution is -0.116. The van der Waals surface area contributed by atoms with Crippen molar-refractivity contribution >= 4 is 34.0 Å². The Morgan fingerprint density at radius 3 is 2.71 bits per heavy atom. The summed E-state index contributed by atoms with van der Waals surface area (Å²) in [6.07, 6.45) is 2.82. The molecule has 3 N–H and O–H groups in total. The van der Waals surface area contributed by atoms with Crippen LogP contribution >= 0.6 is 12.4 Å². The van der Waals surface area contributed by atoms with Crippen LogP contribution in [0.1, 0.15) is 35.6 Å². The number of hydrogen-bond donors (Lipinski definition) is 3. The summed E-state index contributed by atoms with van der Waals surface area (Å²) in [5.41, 5.74) is 3.99. The second kappa shape index (κ2) is 8.61. The minimum absolute atomic E-state index is 0. The van der Waals surface area contributed by atoms with Crippen molar-refractivity contribution in [2.75, 3.05) is 18.4 Å². The van der Waals surface area contributed by atoms with Gasteiger partial charge in [0, 0.05) is 24.7 Å². The Morgan fingerprint density at radius 1 is 1.04 bits per heavy atom. The van der Waals surface area contributed by atoms with Gasteiger partial charge in [0.05, 0.1) is 4.90 Å². The van der Waals surface area contributed by atoms with Crippen molar-refractivity contribution in [3.63, 3.8) is 0 Å². The molecule has 2 aliphatic heterocycles. The molecule has 4 rings (SSSR count). The lowest BCUT2D eigenvalue weighted by Gasteiger charge is -2.27. The first-order chi connectivity index (χ1) is 13.0. The molecule has 6 nitrogen and oxygen atoms in total. The van der Waals surface area contributed by atoms with E-state index in [-0.39, 0.29) is 29.3 Å². The number of amides is 1. The van der Waals surface area contributed by atoms with Crippen molar-refractivity contribution in [2.24, 2.45) is 0 Å². The van der Waals surface area contributed by atoms with Gasteiger partial charge in [-0.2, -0.15) is 0 Å². The topological polar surface area (TPSA) is 87.3 Å². The lowest BCUT2D eigenvalue weighted by Crippen LogP contribution is -2.38. The van der Waals surface area contributed by atoms with Crippen molar-refractivity contribution in [1.82, 2.24) is 10.0 Å². The maximum Gasteiger partial charge on any atom is 0.240 e. The lowest BCUT2D eigenvalue weighted by atomic mass is 9.95. The van der Waals surface area contributed by atoms with Gasteiger partial charge in [0.25, 0.3) is 0 Å². The van der Waals surface area contributed by atoms with E-state index in [1.54, 1.807) is 18.2 Å². The molecule has 150 valence electrons. The molecule has 0 saturated carbocycles. The van der Waals surface area contributed by atoms with Crippen LogP contribution in [0, 0.1) is 0 Å². The van der Waals surface area contributed by atoms with Crippen molar-refractivity contribution in [2.45, 2.75) is 36.6 Å². The van der Waals surface area contributed by atoms with Crippen LogP contribution in [-0.4, -0.2) is 27.4 Å². The number of hydrogen-bond acceptors (Lipinski definition) is 4. The Hall–Kier alpha value is -1.93. The standard InChI is InChI=1S/C20H23N3O3S.ClH/c24-20-7-3-5-15-12-16(8-9-18(15)23-20)27(25,26)22-13-19-17-6-2-1-4-14(17)10-11-21-19;/h1-2,4,6,8-9,12,19,21-22H,3,5,7,10-11,13H2,(H,23,24);1H. The van der Waals surface area contributed by atoms with E-state index < -0.39 is 10.0 Å². The molecule has 28 heavy (non-hydrogen) atoms. The fourth-order valence-electron chi connectivity index (χ4n) is 3.77. The quantitative estimate of drug-likeness (QED) is 0.708. The number of halogens is 1. The second-order valence-corrected chi connectivity index (χ2v) is 8.80. The van der Waals surface area contributed by atoms with Gasteiger partial charge >= 0.3 is 0 Å². The van der Waals surface area contributed by atoms with E-state index in [4.69, 9.17) is 0 Å². The van der Waals surface area contributed by atoms with Crippen molar-refractivity contribution in [1.29, 1.82) is 0 Å². The molecule has 1 unspecified atom stereocenters. The van der Waals surface area contributed by atoms with Crippen LogP contribution in [0.15, 0.2) is 47.4 Å². The highest BCUT2D eigenvalue weighted by molar-refractivity contribution is 7.89.